The van der Waals surface area contributed by atoms with Gasteiger partial charge >= 0.3 is 5.97 Å². The van der Waals surface area contributed by atoms with Gasteiger partial charge in [0.05, 0.1) is 0 Å². The highest BCUT2D eigenvalue weighted by molar-refractivity contribution is 5.72. The molecule has 0 saturated heterocycles. The molecule has 0 bridgehead atoms. The monoisotopic (exact) mass is 442 g/mol. The number of carbonyl (C=O) groups is 1. The molecule has 0 amide bonds. The number of benzene rings is 2. The van der Waals surface area contributed by atoms with Crippen molar-refractivity contribution in [2.75, 3.05) is 0 Å². The number of halogens is 2. The van der Waals surface area contributed by atoms with Crippen LogP contribution in [0.5, 0.6) is 17.5 Å². The summed E-state index contributed by atoms with van der Waals surface area (Å²) in [5, 5.41) is 9.32. The highest BCUT2D eigenvalue weighted by Gasteiger charge is 2.25. The molecule has 3 aromatic rings. The Hall–Kier alpha value is -3.52. The smallest absolute Gasteiger partial charge is 0.344 e. The molecule has 0 fully saturated rings. The highest BCUT2D eigenvalue weighted by Crippen LogP contribution is 2.31. The maximum Gasteiger partial charge on any atom is 0.344 e. The molecule has 1 heterocycles. The van der Waals surface area contributed by atoms with Crippen LogP contribution in [0.1, 0.15) is 25.8 Å². The Morgan fingerprint density at radius 1 is 1.03 bits per heavy atom. The van der Waals surface area contributed by atoms with E-state index in [0.29, 0.717) is 12.6 Å². The van der Waals surface area contributed by atoms with Gasteiger partial charge in [-0.25, -0.2) is 13.6 Å². The lowest BCUT2D eigenvalue weighted by atomic mass is 10.0. The van der Waals surface area contributed by atoms with Crippen LogP contribution in [0.3, 0.4) is 0 Å². The van der Waals surface area contributed by atoms with Gasteiger partial charge in [0.2, 0.25) is 0 Å². The van der Waals surface area contributed by atoms with Crippen LogP contribution in [0.2, 0.25) is 0 Å². The molecule has 0 saturated carbocycles. The first-order valence-electron chi connectivity index (χ1n) is 10.1. The molecule has 1 atom stereocenters. The molecule has 32 heavy (non-hydrogen) atoms. The van der Waals surface area contributed by atoms with E-state index in [1.54, 1.807) is 32.0 Å². The van der Waals surface area contributed by atoms with E-state index in [1.807, 2.05) is 30.3 Å². The van der Waals surface area contributed by atoms with Gasteiger partial charge in [0, 0.05) is 12.6 Å². The summed E-state index contributed by atoms with van der Waals surface area (Å²) in [7, 11) is 0. The van der Waals surface area contributed by atoms with Crippen molar-refractivity contribution in [2.45, 2.75) is 32.9 Å². The maximum absolute atomic E-state index is 14.3. The molecule has 1 aromatic heterocycles. The minimum absolute atomic E-state index is 0.0177. The molecular formula is C24H24F2N2O4. The molecule has 6 nitrogen and oxygen atoms in total. The summed E-state index contributed by atoms with van der Waals surface area (Å²) in [5.74, 6) is -4.33. The lowest BCUT2D eigenvalue weighted by molar-refractivity contribution is -0.146. The van der Waals surface area contributed by atoms with E-state index >= 15 is 0 Å². The fraction of sp³-hybridized carbons (Fsp3) is 0.250. The normalized spacial score (nSPS) is 11.9. The Balaban J connectivity index is 1.87. The first kappa shape index (κ1) is 23.1. The first-order chi connectivity index (χ1) is 15.3. The number of rotatable bonds is 9. The number of aliphatic carboxylic acids is 1. The molecule has 0 aliphatic carbocycles. The van der Waals surface area contributed by atoms with Crippen LogP contribution in [-0.2, 0) is 11.3 Å². The molecule has 1 unspecified atom stereocenters. The maximum atomic E-state index is 14.3. The number of nitrogens with zero attached hydrogens (tertiary/aromatic N) is 1. The van der Waals surface area contributed by atoms with Gasteiger partial charge < -0.3 is 20.3 Å². The minimum Gasteiger partial charge on any atom is -0.479 e. The summed E-state index contributed by atoms with van der Waals surface area (Å²) in [5.41, 5.74) is 8.35. The van der Waals surface area contributed by atoms with E-state index in [2.05, 4.69) is 4.98 Å². The molecule has 0 spiro atoms. The van der Waals surface area contributed by atoms with E-state index in [1.165, 1.54) is 0 Å². The van der Waals surface area contributed by atoms with Crippen molar-refractivity contribution in [1.29, 1.82) is 0 Å². The summed E-state index contributed by atoms with van der Waals surface area (Å²) in [6.07, 6.45) is -1.19. The summed E-state index contributed by atoms with van der Waals surface area (Å²) < 4.78 is 39.3. The molecule has 8 heteroatoms. The molecule has 3 N–H and O–H groups in total. The number of nitrogens with two attached hydrogens (primary N) is 1. The van der Waals surface area contributed by atoms with Crippen LogP contribution in [0.4, 0.5) is 8.78 Å². The standard InChI is InChI=1S/C24H24F2N2O4/c1-14(2)9-21(24(29)30)32-23-20(26)12-19(25)22(28-23)31-18-8-4-7-17(11-18)16-6-3-5-15(10-16)13-27/h3-8,10-12,14,21H,9,13,27H2,1-2H3,(H,29,30). The lowest BCUT2D eigenvalue weighted by Crippen LogP contribution is -2.29. The molecular weight excluding hydrogens is 418 g/mol. The summed E-state index contributed by atoms with van der Waals surface area (Å²) in [4.78, 5) is 15.2. The van der Waals surface area contributed by atoms with E-state index in [-0.39, 0.29) is 18.1 Å². The quantitative estimate of drug-likeness (QED) is 0.476. The van der Waals surface area contributed by atoms with Crippen molar-refractivity contribution >= 4 is 5.97 Å². The van der Waals surface area contributed by atoms with Crippen LogP contribution >= 0.6 is 0 Å². The van der Waals surface area contributed by atoms with Gasteiger partial charge in [0.15, 0.2) is 17.7 Å². The number of hydrogen-bond donors (Lipinski definition) is 2. The Morgan fingerprint density at radius 3 is 2.34 bits per heavy atom. The van der Waals surface area contributed by atoms with Crippen LogP contribution in [0, 0.1) is 17.6 Å². The molecule has 3 rings (SSSR count). The molecule has 0 aliphatic rings. The summed E-state index contributed by atoms with van der Waals surface area (Å²) >= 11 is 0. The Labute approximate surface area is 184 Å². The first-order valence-corrected chi connectivity index (χ1v) is 10.1. The van der Waals surface area contributed by atoms with Crippen molar-refractivity contribution in [1.82, 2.24) is 4.98 Å². The van der Waals surface area contributed by atoms with Crippen molar-refractivity contribution < 1.29 is 28.2 Å². The third kappa shape index (κ3) is 5.79. The average molecular weight is 442 g/mol. The number of ether oxygens (including phenoxy) is 2. The SMILES string of the molecule is CC(C)CC(Oc1nc(Oc2cccc(-c3cccc(CN)c3)c2)c(F)cc1F)C(=O)O. The minimum atomic E-state index is -1.33. The van der Waals surface area contributed by atoms with Gasteiger partial charge in [-0.3, -0.25) is 0 Å². The van der Waals surface area contributed by atoms with Crippen LogP contribution in [-0.4, -0.2) is 22.2 Å². The van der Waals surface area contributed by atoms with Crippen LogP contribution < -0.4 is 15.2 Å². The molecule has 0 aliphatic heterocycles. The largest absolute Gasteiger partial charge is 0.479 e. The van der Waals surface area contributed by atoms with Gasteiger partial charge in [-0.1, -0.05) is 44.2 Å². The number of pyridine rings is 1. The second kappa shape index (κ2) is 10.2. The zero-order valence-electron chi connectivity index (χ0n) is 17.7. The zero-order chi connectivity index (χ0) is 23.3. The van der Waals surface area contributed by atoms with Gasteiger partial charge in [-0.05, 0) is 47.2 Å². The Kier molecular flexibility index (Phi) is 7.37. The topological polar surface area (TPSA) is 94.7 Å². The van der Waals surface area contributed by atoms with Crippen LogP contribution in [0.25, 0.3) is 11.1 Å². The molecule has 2 aromatic carbocycles. The summed E-state index contributed by atoms with van der Waals surface area (Å²) in [6, 6.07) is 15.0. The fourth-order valence-electron chi connectivity index (χ4n) is 3.08. The molecule has 168 valence electrons. The van der Waals surface area contributed by atoms with Gasteiger partial charge in [-0.15, -0.1) is 0 Å². The number of aromatic nitrogens is 1. The third-order valence-electron chi connectivity index (χ3n) is 4.62. The van der Waals surface area contributed by atoms with E-state index < -0.39 is 35.5 Å². The second-order valence-electron chi connectivity index (χ2n) is 7.67. The highest BCUT2D eigenvalue weighted by atomic mass is 19.1. The molecule has 0 radical (unpaired) electrons. The van der Waals surface area contributed by atoms with Crippen molar-refractivity contribution in [2.24, 2.45) is 11.7 Å². The summed E-state index contributed by atoms with van der Waals surface area (Å²) in [6.45, 7) is 4.00. The number of hydrogen-bond acceptors (Lipinski definition) is 5. The van der Waals surface area contributed by atoms with Gasteiger partial charge in [-0.2, -0.15) is 4.98 Å². The van der Waals surface area contributed by atoms with E-state index in [4.69, 9.17) is 15.2 Å². The lowest BCUT2D eigenvalue weighted by Gasteiger charge is -2.17. The number of carboxylic acids is 1. The zero-order valence-corrected chi connectivity index (χ0v) is 17.7. The predicted molar refractivity (Wildman–Crippen MR) is 116 cm³/mol. The number of carboxylic acid groups (broad SMARTS) is 1. The van der Waals surface area contributed by atoms with Crippen molar-refractivity contribution in [3.05, 3.63) is 71.8 Å². The second-order valence-corrected chi connectivity index (χ2v) is 7.67. The third-order valence-corrected chi connectivity index (χ3v) is 4.62. The fourth-order valence-corrected chi connectivity index (χ4v) is 3.08. The van der Waals surface area contributed by atoms with Gasteiger partial charge in [0.25, 0.3) is 11.8 Å². The predicted octanol–water partition coefficient (Wildman–Crippen LogP) is 5.16. The van der Waals surface area contributed by atoms with Crippen LogP contribution in [0.15, 0.2) is 54.6 Å². The van der Waals surface area contributed by atoms with E-state index in [9.17, 15) is 18.7 Å². The van der Waals surface area contributed by atoms with Gasteiger partial charge in [0.1, 0.15) is 5.75 Å². The Morgan fingerprint density at radius 2 is 1.69 bits per heavy atom. The van der Waals surface area contributed by atoms with E-state index in [0.717, 1.165) is 16.7 Å². The van der Waals surface area contributed by atoms with Crippen molar-refractivity contribution in [3.63, 3.8) is 0 Å². The van der Waals surface area contributed by atoms with Crippen molar-refractivity contribution in [3.8, 4) is 28.6 Å². The Bertz CT molecular complexity index is 1110. The average Bonchev–Trinajstić information content (AvgIpc) is 2.76.